The second-order valence-corrected chi connectivity index (χ2v) is 7.59. The molecule has 0 spiro atoms. The Morgan fingerprint density at radius 3 is 2.58 bits per heavy atom. The van der Waals surface area contributed by atoms with Gasteiger partial charge in [-0.25, -0.2) is 9.18 Å². The van der Waals surface area contributed by atoms with Crippen molar-refractivity contribution in [1.29, 1.82) is 0 Å². The van der Waals surface area contributed by atoms with Gasteiger partial charge in [-0.1, -0.05) is 37.3 Å². The van der Waals surface area contributed by atoms with Crippen molar-refractivity contribution in [2.75, 3.05) is 18.4 Å². The number of nitrogens with zero attached hydrogens (tertiary/aromatic N) is 1. The quantitative estimate of drug-likeness (QED) is 0.844. The van der Waals surface area contributed by atoms with E-state index >= 15 is 0 Å². The number of hydrogen-bond donors (Lipinski definition) is 2. The maximum absolute atomic E-state index is 13.3. The monoisotopic (exact) mass is 354 g/mol. The largest absolute Gasteiger partial charge is 0.390 e. The molecule has 0 radical (unpaired) electrons. The molecule has 3 rings (SSSR count). The minimum absolute atomic E-state index is 0.245. The molecule has 1 saturated heterocycles. The van der Waals surface area contributed by atoms with Gasteiger partial charge in [0.25, 0.3) is 0 Å². The van der Waals surface area contributed by atoms with Crippen LogP contribution in [-0.4, -0.2) is 34.7 Å². The number of benzene rings is 1. The summed E-state index contributed by atoms with van der Waals surface area (Å²) in [7, 11) is 0. The molecule has 1 aromatic carbocycles. The van der Waals surface area contributed by atoms with E-state index in [4.69, 9.17) is 11.6 Å². The summed E-state index contributed by atoms with van der Waals surface area (Å²) in [6, 6.07) is 3.67. The predicted octanol–water partition coefficient (Wildman–Crippen LogP) is 4.42. The van der Waals surface area contributed by atoms with Crippen LogP contribution in [0.25, 0.3) is 0 Å². The Morgan fingerprint density at radius 1 is 1.29 bits per heavy atom. The van der Waals surface area contributed by atoms with Gasteiger partial charge in [-0.3, -0.25) is 0 Å². The summed E-state index contributed by atoms with van der Waals surface area (Å²) < 4.78 is 13.3. The van der Waals surface area contributed by atoms with Gasteiger partial charge in [0.05, 0.1) is 5.60 Å². The topological polar surface area (TPSA) is 52.6 Å². The van der Waals surface area contributed by atoms with Gasteiger partial charge in [0.2, 0.25) is 0 Å². The normalized spacial score (nSPS) is 21.0. The van der Waals surface area contributed by atoms with Crippen LogP contribution in [-0.2, 0) is 0 Å². The molecular formula is C18H24ClFN2O2. The van der Waals surface area contributed by atoms with Gasteiger partial charge in [0.1, 0.15) is 5.82 Å². The fourth-order valence-corrected chi connectivity index (χ4v) is 4.13. The minimum atomic E-state index is -0.645. The first-order valence-electron chi connectivity index (χ1n) is 8.68. The number of nitrogens with one attached hydrogen (secondary N) is 1. The highest BCUT2D eigenvalue weighted by Crippen LogP contribution is 2.36. The Hall–Kier alpha value is -1.33. The number of rotatable bonds is 3. The van der Waals surface area contributed by atoms with Crippen LogP contribution in [0.4, 0.5) is 14.9 Å². The third kappa shape index (κ3) is 4.39. The fraction of sp³-hybridized carbons (Fsp3) is 0.611. The van der Waals surface area contributed by atoms with Gasteiger partial charge in [0, 0.05) is 23.8 Å². The van der Waals surface area contributed by atoms with E-state index in [2.05, 4.69) is 5.32 Å². The summed E-state index contributed by atoms with van der Waals surface area (Å²) in [6.45, 7) is 1.02. The number of carbonyl (C=O) groups excluding carboxylic acids is 1. The number of hydrogen-bond acceptors (Lipinski definition) is 2. The first kappa shape index (κ1) is 17.5. The molecule has 2 N–H and O–H groups in total. The molecule has 1 heterocycles. The van der Waals surface area contributed by atoms with E-state index in [0.717, 1.165) is 6.42 Å². The van der Waals surface area contributed by atoms with E-state index in [1.165, 1.54) is 43.9 Å². The van der Waals surface area contributed by atoms with Crippen molar-refractivity contribution < 1.29 is 14.3 Å². The lowest BCUT2D eigenvalue weighted by molar-refractivity contribution is -0.0295. The van der Waals surface area contributed by atoms with Gasteiger partial charge in [-0.15, -0.1) is 0 Å². The second kappa shape index (κ2) is 7.28. The molecular weight excluding hydrogens is 331 g/mol. The molecule has 0 unspecified atom stereocenters. The van der Waals surface area contributed by atoms with Crippen molar-refractivity contribution in [3.8, 4) is 0 Å². The van der Waals surface area contributed by atoms with E-state index in [9.17, 15) is 14.3 Å². The number of likely N-dealkylation sites (tertiary alicyclic amines) is 1. The van der Waals surface area contributed by atoms with Gasteiger partial charge in [0.15, 0.2) is 0 Å². The summed E-state index contributed by atoms with van der Waals surface area (Å²) in [4.78, 5) is 14.0. The van der Waals surface area contributed by atoms with Crippen LogP contribution in [0.2, 0.25) is 5.02 Å². The lowest BCUT2D eigenvalue weighted by Gasteiger charge is -2.39. The summed E-state index contributed by atoms with van der Waals surface area (Å²) in [5.74, 6) is 0.146. The standard InChI is InChI=1S/C18H24ClFN2O2/c19-14-9-15(20)11-16(10-14)21-17(23)22-7-5-18(24,6-8-22)12-13-3-1-2-4-13/h9-11,13,24H,1-8,12H2,(H,21,23). The molecule has 1 aliphatic carbocycles. The Balaban J connectivity index is 1.52. The van der Waals surface area contributed by atoms with Crippen LogP contribution >= 0.6 is 11.6 Å². The number of anilines is 1. The van der Waals surface area contributed by atoms with E-state index in [1.54, 1.807) is 4.90 Å². The Morgan fingerprint density at radius 2 is 1.96 bits per heavy atom. The third-order valence-corrected chi connectivity index (χ3v) is 5.46. The Labute approximate surface area is 147 Å². The fourth-order valence-electron chi connectivity index (χ4n) is 3.91. The highest BCUT2D eigenvalue weighted by atomic mass is 35.5. The van der Waals surface area contributed by atoms with Crippen molar-refractivity contribution >= 4 is 23.3 Å². The van der Waals surface area contributed by atoms with E-state index in [0.29, 0.717) is 37.5 Å². The molecule has 0 bridgehead atoms. The van der Waals surface area contributed by atoms with Gasteiger partial charge in [-0.2, -0.15) is 0 Å². The molecule has 6 heteroatoms. The lowest BCUT2D eigenvalue weighted by Crippen LogP contribution is -2.48. The van der Waals surface area contributed by atoms with E-state index in [-0.39, 0.29) is 11.1 Å². The van der Waals surface area contributed by atoms with Crippen molar-refractivity contribution in [2.45, 2.75) is 50.5 Å². The molecule has 2 amide bonds. The Bertz CT molecular complexity index is 576. The molecule has 1 aliphatic heterocycles. The average molecular weight is 355 g/mol. The molecule has 2 aliphatic rings. The van der Waals surface area contributed by atoms with E-state index in [1.807, 2.05) is 0 Å². The maximum atomic E-state index is 13.3. The molecule has 2 fully saturated rings. The van der Waals surface area contributed by atoms with Crippen LogP contribution < -0.4 is 5.32 Å². The molecule has 4 nitrogen and oxygen atoms in total. The molecule has 1 aromatic rings. The number of amides is 2. The zero-order chi connectivity index (χ0) is 17.2. The molecule has 132 valence electrons. The summed E-state index contributed by atoms with van der Waals surface area (Å²) in [5, 5.41) is 13.7. The van der Waals surface area contributed by atoms with Gasteiger partial charge in [-0.05, 0) is 43.4 Å². The highest BCUT2D eigenvalue weighted by Gasteiger charge is 2.36. The molecule has 24 heavy (non-hydrogen) atoms. The highest BCUT2D eigenvalue weighted by molar-refractivity contribution is 6.30. The number of piperidine rings is 1. The summed E-state index contributed by atoms with van der Waals surface area (Å²) >= 11 is 5.80. The maximum Gasteiger partial charge on any atom is 0.321 e. The lowest BCUT2D eigenvalue weighted by atomic mass is 9.82. The zero-order valence-corrected chi connectivity index (χ0v) is 14.5. The van der Waals surface area contributed by atoms with Crippen LogP contribution in [0.15, 0.2) is 18.2 Å². The number of carbonyl (C=O) groups is 1. The smallest absolute Gasteiger partial charge is 0.321 e. The SMILES string of the molecule is O=C(Nc1cc(F)cc(Cl)c1)N1CCC(O)(CC2CCCC2)CC1. The van der Waals surface area contributed by atoms with Crippen molar-refractivity contribution in [1.82, 2.24) is 4.90 Å². The van der Waals surface area contributed by atoms with Crippen molar-refractivity contribution in [3.05, 3.63) is 29.0 Å². The van der Waals surface area contributed by atoms with Crippen molar-refractivity contribution in [2.24, 2.45) is 5.92 Å². The summed E-state index contributed by atoms with van der Waals surface area (Å²) in [6.07, 6.45) is 7.01. The molecule has 0 aromatic heterocycles. The predicted molar refractivity (Wildman–Crippen MR) is 92.8 cm³/mol. The second-order valence-electron chi connectivity index (χ2n) is 7.15. The van der Waals surface area contributed by atoms with Gasteiger partial charge >= 0.3 is 6.03 Å². The Kier molecular flexibility index (Phi) is 5.30. The number of halogens is 2. The number of aliphatic hydroxyl groups is 1. The minimum Gasteiger partial charge on any atom is -0.390 e. The van der Waals surface area contributed by atoms with Crippen LogP contribution in [0.3, 0.4) is 0 Å². The first-order chi connectivity index (χ1) is 11.4. The average Bonchev–Trinajstić information content (AvgIpc) is 2.99. The molecule has 1 saturated carbocycles. The van der Waals surface area contributed by atoms with Crippen LogP contribution in [0.5, 0.6) is 0 Å². The van der Waals surface area contributed by atoms with Crippen LogP contribution in [0, 0.1) is 11.7 Å². The zero-order valence-electron chi connectivity index (χ0n) is 13.7. The van der Waals surface area contributed by atoms with Crippen LogP contribution in [0.1, 0.15) is 44.9 Å². The molecule has 0 atom stereocenters. The van der Waals surface area contributed by atoms with Crippen molar-refractivity contribution in [3.63, 3.8) is 0 Å². The summed E-state index contributed by atoms with van der Waals surface area (Å²) in [5.41, 5.74) is -0.301. The van der Waals surface area contributed by atoms with E-state index < -0.39 is 11.4 Å². The third-order valence-electron chi connectivity index (χ3n) is 5.24. The van der Waals surface area contributed by atoms with Gasteiger partial charge < -0.3 is 15.3 Å². The number of urea groups is 1. The first-order valence-corrected chi connectivity index (χ1v) is 9.06.